The maximum atomic E-state index is 12.1. The van der Waals surface area contributed by atoms with Gasteiger partial charge < -0.3 is 9.47 Å². The summed E-state index contributed by atoms with van der Waals surface area (Å²) in [5, 5.41) is 0. The minimum atomic E-state index is -0.556. The lowest BCUT2D eigenvalue weighted by Crippen LogP contribution is -2.40. The third kappa shape index (κ3) is 1.98. The zero-order chi connectivity index (χ0) is 13.3. The average Bonchev–Trinajstić information content (AvgIpc) is 2.91. The van der Waals surface area contributed by atoms with Gasteiger partial charge >= 0.3 is 5.97 Å². The third-order valence-corrected chi connectivity index (χ3v) is 4.35. The van der Waals surface area contributed by atoms with Gasteiger partial charge in [0.25, 0.3) is 0 Å². The monoisotopic (exact) mass is 258 g/mol. The van der Waals surface area contributed by atoms with Crippen molar-refractivity contribution in [3.8, 4) is 0 Å². The van der Waals surface area contributed by atoms with Crippen LogP contribution in [-0.4, -0.2) is 26.3 Å². The van der Waals surface area contributed by atoms with Gasteiger partial charge in [0, 0.05) is 11.8 Å². The van der Waals surface area contributed by atoms with Gasteiger partial charge in [-0.05, 0) is 12.0 Å². The van der Waals surface area contributed by atoms with E-state index < -0.39 is 5.41 Å². The summed E-state index contributed by atoms with van der Waals surface area (Å²) < 4.78 is 10.5. The molecule has 3 nitrogen and oxygen atoms in total. The van der Waals surface area contributed by atoms with Crippen molar-refractivity contribution in [1.29, 1.82) is 0 Å². The van der Waals surface area contributed by atoms with Gasteiger partial charge in [-0.2, -0.15) is 0 Å². The van der Waals surface area contributed by atoms with Gasteiger partial charge in [-0.3, -0.25) is 4.79 Å². The maximum Gasteiger partial charge on any atom is 0.318 e. The van der Waals surface area contributed by atoms with Gasteiger partial charge in [0.1, 0.15) is 5.41 Å². The summed E-state index contributed by atoms with van der Waals surface area (Å²) >= 11 is 0. The Bertz CT molecular complexity index is 494. The molecule has 1 aliphatic heterocycles. The Hall–Kier alpha value is -1.61. The van der Waals surface area contributed by atoms with Crippen LogP contribution in [-0.2, 0) is 14.3 Å². The highest BCUT2D eigenvalue weighted by atomic mass is 16.5. The van der Waals surface area contributed by atoms with Crippen LogP contribution < -0.4 is 0 Å². The van der Waals surface area contributed by atoms with E-state index in [1.54, 1.807) is 0 Å². The van der Waals surface area contributed by atoms with Gasteiger partial charge in [0.2, 0.25) is 0 Å². The number of ether oxygens (including phenoxy) is 2. The molecule has 3 rings (SSSR count). The van der Waals surface area contributed by atoms with Crippen LogP contribution in [0.4, 0.5) is 0 Å². The lowest BCUT2D eigenvalue weighted by Gasteiger charge is -2.34. The number of fused-ring (bicyclic) bond motifs is 1. The molecule has 1 aromatic carbocycles. The van der Waals surface area contributed by atoms with Crippen molar-refractivity contribution in [1.82, 2.24) is 0 Å². The van der Waals surface area contributed by atoms with E-state index in [9.17, 15) is 4.79 Å². The van der Waals surface area contributed by atoms with E-state index in [4.69, 9.17) is 9.47 Å². The second-order valence-corrected chi connectivity index (χ2v) is 5.36. The van der Waals surface area contributed by atoms with Crippen LogP contribution >= 0.6 is 0 Å². The molecule has 100 valence electrons. The lowest BCUT2D eigenvalue weighted by atomic mass is 9.68. The van der Waals surface area contributed by atoms with Gasteiger partial charge in [-0.25, -0.2) is 0 Å². The molecule has 19 heavy (non-hydrogen) atoms. The Morgan fingerprint density at radius 1 is 1.37 bits per heavy atom. The van der Waals surface area contributed by atoms with E-state index in [0.717, 1.165) is 6.42 Å². The molecule has 2 aliphatic rings. The molecule has 0 bridgehead atoms. The summed E-state index contributed by atoms with van der Waals surface area (Å²) in [4.78, 5) is 12.1. The lowest BCUT2D eigenvalue weighted by molar-refractivity contribution is -0.151. The third-order valence-electron chi connectivity index (χ3n) is 4.35. The van der Waals surface area contributed by atoms with Crippen molar-refractivity contribution >= 4 is 5.97 Å². The van der Waals surface area contributed by atoms with Crippen LogP contribution in [0.25, 0.3) is 0 Å². The summed E-state index contributed by atoms with van der Waals surface area (Å²) in [5.41, 5.74) is 0.740. The molecule has 1 saturated heterocycles. The number of hydrogen-bond acceptors (Lipinski definition) is 3. The molecule has 3 atom stereocenters. The molecule has 0 radical (unpaired) electrons. The molecule has 0 saturated carbocycles. The summed E-state index contributed by atoms with van der Waals surface area (Å²) in [6, 6.07) is 10.4. The van der Waals surface area contributed by atoms with Crippen molar-refractivity contribution in [2.24, 2.45) is 11.3 Å². The van der Waals surface area contributed by atoms with E-state index in [2.05, 4.69) is 30.3 Å². The van der Waals surface area contributed by atoms with Crippen molar-refractivity contribution in [3.63, 3.8) is 0 Å². The molecule has 0 unspecified atom stereocenters. The fourth-order valence-corrected chi connectivity index (χ4v) is 3.20. The van der Waals surface area contributed by atoms with Crippen LogP contribution in [0.15, 0.2) is 42.5 Å². The van der Waals surface area contributed by atoms with E-state index in [1.807, 2.05) is 12.1 Å². The first kappa shape index (κ1) is 12.4. The first-order valence-corrected chi connectivity index (χ1v) is 6.67. The fraction of sp³-hybridized carbons (Fsp3) is 0.438. The molecule has 0 amide bonds. The summed E-state index contributed by atoms with van der Waals surface area (Å²) in [7, 11) is 1.45. The zero-order valence-corrected chi connectivity index (χ0v) is 11.0. The number of carbonyl (C=O) groups is 1. The highest BCUT2D eigenvalue weighted by molar-refractivity contribution is 5.80. The van der Waals surface area contributed by atoms with Crippen LogP contribution in [0, 0.1) is 11.3 Å². The first-order valence-electron chi connectivity index (χ1n) is 6.67. The smallest absolute Gasteiger partial charge is 0.318 e. The van der Waals surface area contributed by atoms with E-state index in [-0.39, 0.29) is 11.9 Å². The van der Waals surface area contributed by atoms with Crippen LogP contribution in [0.2, 0.25) is 0 Å². The van der Waals surface area contributed by atoms with Gasteiger partial charge in [-0.15, -0.1) is 0 Å². The standard InChI is InChI=1S/C16H18O3/c1-18-15(17)16-8-7-13(9-14(16)10-19-11-16)12-5-3-2-4-6-12/h2-8,13-14H,9-11H2,1H3/t13-,14-,16-/m0/s1. The molecule has 3 heteroatoms. The number of benzene rings is 1. The Kier molecular flexibility index (Phi) is 3.15. The number of hydrogen-bond donors (Lipinski definition) is 0. The zero-order valence-electron chi connectivity index (χ0n) is 11.0. The van der Waals surface area contributed by atoms with Crippen LogP contribution in [0.3, 0.4) is 0 Å². The fourth-order valence-electron chi connectivity index (χ4n) is 3.20. The van der Waals surface area contributed by atoms with Gasteiger partial charge in [0.05, 0.1) is 20.3 Å². The van der Waals surface area contributed by atoms with Crippen molar-refractivity contribution in [2.75, 3.05) is 20.3 Å². The van der Waals surface area contributed by atoms with E-state index in [1.165, 1.54) is 12.7 Å². The van der Waals surface area contributed by atoms with Gasteiger partial charge in [0.15, 0.2) is 0 Å². The average molecular weight is 258 g/mol. The van der Waals surface area contributed by atoms with Crippen molar-refractivity contribution in [2.45, 2.75) is 12.3 Å². The Labute approximate surface area is 113 Å². The van der Waals surface area contributed by atoms with Crippen LogP contribution in [0.5, 0.6) is 0 Å². The van der Waals surface area contributed by atoms with E-state index >= 15 is 0 Å². The van der Waals surface area contributed by atoms with E-state index in [0.29, 0.717) is 19.1 Å². The Morgan fingerprint density at radius 2 is 2.16 bits per heavy atom. The number of esters is 1. The van der Waals surface area contributed by atoms with Crippen molar-refractivity contribution < 1.29 is 14.3 Å². The topological polar surface area (TPSA) is 35.5 Å². The number of allylic oxidation sites excluding steroid dienone is 1. The minimum absolute atomic E-state index is 0.169. The predicted molar refractivity (Wildman–Crippen MR) is 71.7 cm³/mol. The second kappa shape index (κ2) is 4.82. The molecule has 0 spiro atoms. The van der Waals surface area contributed by atoms with Crippen molar-refractivity contribution in [3.05, 3.63) is 48.0 Å². The quantitative estimate of drug-likeness (QED) is 0.604. The highest BCUT2D eigenvalue weighted by Gasteiger charge is 2.51. The number of methoxy groups -OCH3 is 1. The molecule has 0 N–H and O–H groups in total. The molecule has 1 aliphatic carbocycles. The highest BCUT2D eigenvalue weighted by Crippen LogP contribution is 2.46. The SMILES string of the molecule is COC(=O)[C@]12C=C[C@H](c3ccccc3)C[C@H]1COC2. The minimum Gasteiger partial charge on any atom is -0.468 e. The van der Waals surface area contributed by atoms with Gasteiger partial charge in [-0.1, -0.05) is 42.5 Å². The molecule has 1 fully saturated rings. The first-order chi connectivity index (χ1) is 9.26. The Morgan fingerprint density at radius 3 is 2.89 bits per heavy atom. The largest absolute Gasteiger partial charge is 0.468 e. The molecule has 1 aromatic rings. The number of rotatable bonds is 2. The molecule has 0 aromatic heterocycles. The Balaban J connectivity index is 1.90. The molecule has 1 heterocycles. The van der Waals surface area contributed by atoms with Crippen LogP contribution in [0.1, 0.15) is 17.9 Å². The summed E-state index contributed by atoms with van der Waals surface area (Å²) in [5.74, 6) is 0.415. The molecular formula is C16H18O3. The molecular weight excluding hydrogens is 240 g/mol. The predicted octanol–water partition coefficient (Wildman–Crippen LogP) is 2.54. The summed E-state index contributed by atoms with van der Waals surface area (Å²) in [6.45, 7) is 1.09. The normalized spacial score (nSPS) is 32.9. The maximum absolute atomic E-state index is 12.1. The second-order valence-electron chi connectivity index (χ2n) is 5.36. The number of carbonyl (C=O) groups excluding carboxylic acids is 1. The summed E-state index contributed by atoms with van der Waals surface area (Å²) in [6.07, 6.45) is 5.09.